The first kappa shape index (κ1) is 12.0. The molecule has 4 nitrogen and oxygen atoms in total. The van der Waals surface area contributed by atoms with E-state index in [0.717, 1.165) is 0 Å². The van der Waals surface area contributed by atoms with Crippen molar-refractivity contribution in [2.75, 3.05) is 11.1 Å². The Bertz CT molecular complexity index is 557. The standard InChI is InChI=1S/C13H12FN3O/c14-11-5-4-9(15)7-12(11)17-13(18)8-10-3-1-2-6-16-10/h1-7H,8,15H2,(H,17,18). The number of anilines is 2. The second-order valence-electron chi connectivity index (χ2n) is 3.79. The molecule has 0 aliphatic rings. The predicted octanol–water partition coefficient (Wildman–Crippen LogP) is 1.98. The first-order valence-electron chi connectivity index (χ1n) is 5.40. The van der Waals surface area contributed by atoms with Crippen LogP contribution in [0.25, 0.3) is 0 Å². The fourth-order valence-electron chi connectivity index (χ4n) is 1.50. The average molecular weight is 245 g/mol. The Morgan fingerprint density at radius 3 is 2.89 bits per heavy atom. The van der Waals surface area contributed by atoms with E-state index in [-0.39, 0.29) is 18.0 Å². The molecule has 2 rings (SSSR count). The highest BCUT2D eigenvalue weighted by atomic mass is 19.1. The van der Waals surface area contributed by atoms with E-state index in [1.165, 1.54) is 18.2 Å². The molecule has 2 aromatic rings. The number of carbonyl (C=O) groups excluding carboxylic acids is 1. The van der Waals surface area contributed by atoms with Crippen molar-refractivity contribution in [1.82, 2.24) is 4.98 Å². The Kier molecular flexibility index (Phi) is 3.52. The van der Waals surface area contributed by atoms with Crippen LogP contribution < -0.4 is 11.1 Å². The number of benzene rings is 1. The van der Waals surface area contributed by atoms with Crippen LogP contribution in [0.4, 0.5) is 15.8 Å². The van der Waals surface area contributed by atoms with Crippen molar-refractivity contribution in [3.8, 4) is 0 Å². The molecule has 0 unspecified atom stereocenters. The second kappa shape index (κ2) is 5.27. The van der Waals surface area contributed by atoms with E-state index >= 15 is 0 Å². The van der Waals surface area contributed by atoms with Crippen LogP contribution in [0.2, 0.25) is 0 Å². The zero-order chi connectivity index (χ0) is 13.0. The number of hydrogen-bond acceptors (Lipinski definition) is 3. The minimum absolute atomic E-state index is 0.0796. The summed E-state index contributed by atoms with van der Waals surface area (Å²) in [5.41, 5.74) is 6.62. The maximum absolute atomic E-state index is 13.4. The van der Waals surface area contributed by atoms with Crippen molar-refractivity contribution < 1.29 is 9.18 Å². The van der Waals surface area contributed by atoms with E-state index in [2.05, 4.69) is 10.3 Å². The number of nitrogens with zero attached hydrogens (tertiary/aromatic N) is 1. The molecule has 0 saturated carbocycles. The Balaban J connectivity index is 2.05. The van der Waals surface area contributed by atoms with Gasteiger partial charge < -0.3 is 11.1 Å². The number of nitrogen functional groups attached to an aromatic ring is 1. The number of halogens is 1. The van der Waals surface area contributed by atoms with Gasteiger partial charge in [0.05, 0.1) is 12.1 Å². The SMILES string of the molecule is Nc1ccc(F)c(NC(=O)Cc2ccccn2)c1. The summed E-state index contributed by atoms with van der Waals surface area (Å²) in [6, 6.07) is 9.31. The van der Waals surface area contributed by atoms with Gasteiger partial charge in [-0.15, -0.1) is 0 Å². The molecule has 0 saturated heterocycles. The van der Waals surface area contributed by atoms with Gasteiger partial charge in [-0.25, -0.2) is 4.39 Å². The third kappa shape index (κ3) is 3.04. The fourth-order valence-corrected chi connectivity index (χ4v) is 1.50. The molecule has 0 bridgehead atoms. The maximum atomic E-state index is 13.4. The smallest absolute Gasteiger partial charge is 0.230 e. The monoisotopic (exact) mass is 245 g/mol. The molecule has 1 heterocycles. The number of nitrogens with two attached hydrogens (primary N) is 1. The molecule has 0 atom stereocenters. The zero-order valence-electron chi connectivity index (χ0n) is 9.56. The van der Waals surface area contributed by atoms with Crippen molar-refractivity contribution in [3.05, 3.63) is 54.1 Å². The molecular weight excluding hydrogens is 233 g/mol. The summed E-state index contributed by atoms with van der Waals surface area (Å²) in [6.07, 6.45) is 1.69. The highest BCUT2D eigenvalue weighted by molar-refractivity contribution is 5.92. The summed E-state index contributed by atoms with van der Waals surface area (Å²) in [5.74, 6) is -0.850. The molecule has 5 heteroatoms. The number of carbonyl (C=O) groups is 1. The van der Waals surface area contributed by atoms with Crippen LogP contribution in [0.15, 0.2) is 42.6 Å². The topological polar surface area (TPSA) is 68.0 Å². The molecule has 18 heavy (non-hydrogen) atoms. The molecule has 1 aromatic heterocycles. The van der Waals surface area contributed by atoms with Crippen molar-refractivity contribution in [3.63, 3.8) is 0 Å². The molecule has 92 valence electrons. The number of rotatable bonds is 3. The summed E-state index contributed by atoms with van der Waals surface area (Å²) >= 11 is 0. The van der Waals surface area contributed by atoms with Crippen molar-refractivity contribution in [2.45, 2.75) is 6.42 Å². The second-order valence-corrected chi connectivity index (χ2v) is 3.79. The highest BCUT2D eigenvalue weighted by Crippen LogP contribution is 2.17. The van der Waals surface area contributed by atoms with Crippen molar-refractivity contribution >= 4 is 17.3 Å². The van der Waals surface area contributed by atoms with E-state index in [9.17, 15) is 9.18 Å². The third-order valence-electron chi connectivity index (χ3n) is 2.33. The normalized spacial score (nSPS) is 10.1. The Morgan fingerprint density at radius 1 is 1.33 bits per heavy atom. The van der Waals surface area contributed by atoms with Gasteiger partial charge in [0.15, 0.2) is 0 Å². The van der Waals surface area contributed by atoms with Gasteiger partial charge in [0.2, 0.25) is 5.91 Å². The lowest BCUT2D eigenvalue weighted by atomic mass is 10.2. The molecule has 0 spiro atoms. The van der Waals surface area contributed by atoms with Gasteiger partial charge in [0.25, 0.3) is 0 Å². The summed E-state index contributed by atoms with van der Waals surface area (Å²) < 4.78 is 13.4. The van der Waals surface area contributed by atoms with Gasteiger partial charge in [0, 0.05) is 17.6 Å². The Labute approximate surface area is 104 Å². The van der Waals surface area contributed by atoms with Crippen LogP contribution in [0.5, 0.6) is 0 Å². The fraction of sp³-hybridized carbons (Fsp3) is 0.0769. The van der Waals surface area contributed by atoms with E-state index in [4.69, 9.17) is 5.73 Å². The van der Waals surface area contributed by atoms with Crippen LogP contribution >= 0.6 is 0 Å². The van der Waals surface area contributed by atoms with Gasteiger partial charge in [0.1, 0.15) is 5.82 Å². The molecule has 0 fully saturated rings. The third-order valence-corrected chi connectivity index (χ3v) is 2.33. The number of hydrogen-bond donors (Lipinski definition) is 2. The van der Waals surface area contributed by atoms with Gasteiger partial charge >= 0.3 is 0 Å². The van der Waals surface area contributed by atoms with Gasteiger partial charge in [-0.1, -0.05) is 6.07 Å². The average Bonchev–Trinajstić information content (AvgIpc) is 2.35. The predicted molar refractivity (Wildman–Crippen MR) is 67.4 cm³/mol. The minimum atomic E-state index is -0.515. The summed E-state index contributed by atoms with van der Waals surface area (Å²) in [5, 5.41) is 2.47. The van der Waals surface area contributed by atoms with E-state index < -0.39 is 5.82 Å². The van der Waals surface area contributed by atoms with E-state index in [1.807, 2.05) is 0 Å². The molecule has 1 amide bonds. The molecule has 0 aliphatic heterocycles. The van der Waals surface area contributed by atoms with Crippen LogP contribution in [0.3, 0.4) is 0 Å². The number of nitrogens with one attached hydrogen (secondary N) is 1. The zero-order valence-corrected chi connectivity index (χ0v) is 9.56. The highest BCUT2D eigenvalue weighted by Gasteiger charge is 2.08. The molecule has 0 aliphatic carbocycles. The van der Waals surface area contributed by atoms with Gasteiger partial charge in [-0.3, -0.25) is 9.78 Å². The summed E-state index contributed by atoms with van der Waals surface area (Å²) in [6.45, 7) is 0. The van der Waals surface area contributed by atoms with E-state index in [0.29, 0.717) is 11.4 Å². The number of aromatic nitrogens is 1. The quantitative estimate of drug-likeness (QED) is 0.812. The molecular formula is C13H12FN3O. The first-order valence-corrected chi connectivity index (χ1v) is 5.40. The number of amides is 1. The molecule has 0 radical (unpaired) electrons. The number of pyridine rings is 1. The first-order chi connectivity index (χ1) is 8.65. The van der Waals surface area contributed by atoms with Crippen molar-refractivity contribution in [2.24, 2.45) is 0 Å². The van der Waals surface area contributed by atoms with Crippen LogP contribution in [-0.4, -0.2) is 10.9 Å². The lowest BCUT2D eigenvalue weighted by Gasteiger charge is -2.06. The lowest BCUT2D eigenvalue weighted by molar-refractivity contribution is -0.115. The van der Waals surface area contributed by atoms with Crippen LogP contribution in [-0.2, 0) is 11.2 Å². The van der Waals surface area contributed by atoms with Crippen LogP contribution in [0, 0.1) is 5.82 Å². The Morgan fingerprint density at radius 2 is 2.17 bits per heavy atom. The summed E-state index contributed by atoms with van der Waals surface area (Å²) in [7, 11) is 0. The van der Waals surface area contributed by atoms with Gasteiger partial charge in [-0.05, 0) is 30.3 Å². The molecule has 1 aromatic carbocycles. The summed E-state index contributed by atoms with van der Waals surface area (Å²) in [4.78, 5) is 15.7. The van der Waals surface area contributed by atoms with E-state index in [1.54, 1.807) is 24.4 Å². The molecule has 3 N–H and O–H groups in total. The van der Waals surface area contributed by atoms with Crippen LogP contribution in [0.1, 0.15) is 5.69 Å². The minimum Gasteiger partial charge on any atom is -0.399 e. The maximum Gasteiger partial charge on any atom is 0.230 e. The van der Waals surface area contributed by atoms with Crippen molar-refractivity contribution in [1.29, 1.82) is 0 Å². The lowest BCUT2D eigenvalue weighted by Crippen LogP contribution is -2.16. The largest absolute Gasteiger partial charge is 0.399 e. The van der Waals surface area contributed by atoms with Gasteiger partial charge in [-0.2, -0.15) is 0 Å². The Hall–Kier alpha value is -2.43.